The minimum absolute atomic E-state index is 0.297. The van der Waals surface area contributed by atoms with Crippen LogP contribution in [-0.2, 0) is 11.1 Å². The summed E-state index contributed by atoms with van der Waals surface area (Å²) in [5.41, 5.74) is 0.451. The van der Waals surface area contributed by atoms with Crippen LogP contribution in [0.3, 0.4) is 0 Å². The number of benzene rings is 2. The maximum atomic E-state index is 10.8. The first-order chi connectivity index (χ1) is 8.70. The van der Waals surface area contributed by atoms with Gasteiger partial charge in [-0.3, -0.25) is 4.79 Å². The third kappa shape index (κ3) is 2.82. The van der Waals surface area contributed by atoms with E-state index in [1.165, 1.54) is 12.1 Å². The van der Waals surface area contributed by atoms with Crippen molar-refractivity contribution in [1.82, 2.24) is 0 Å². The molecule has 2 aromatic carbocycles. The molecule has 1 atom stereocenters. The summed E-state index contributed by atoms with van der Waals surface area (Å²) >= 11 is -2.00. The first-order valence-electron chi connectivity index (χ1n) is 5.13. The van der Waals surface area contributed by atoms with Crippen LogP contribution in [0, 0.1) is 0 Å². The van der Waals surface area contributed by atoms with E-state index in [1.807, 2.05) is 0 Å². The number of para-hydroxylation sites is 1. The van der Waals surface area contributed by atoms with Gasteiger partial charge in [-0.2, -0.15) is 0 Å². The van der Waals surface area contributed by atoms with Crippen molar-refractivity contribution in [2.24, 2.45) is 0 Å². The smallest absolute Gasteiger partial charge is 0.186 e. The molecule has 1 unspecified atom stereocenters. The zero-order valence-electron chi connectivity index (χ0n) is 9.28. The second kappa shape index (κ2) is 5.57. The van der Waals surface area contributed by atoms with Gasteiger partial charge in [0, 0.05) is 0 Å². The molecule has 0 aliphatic rings. The molecule has 18 heavy (non-hydrogen) atoms. The summed E-state index contributed by atoms with van der Waals surface area (Å²) in [5, 5.41) is 0. The van der Waals surface area contributed by atoms with E-state index in [1.54, 1.807) is 36.4 Å². The molecular weight excluding hydrogens is 252 g/mol. The van der Waals surface area contributed by atoms with E-state index in [-0.39, 0.29) is 0 Å². The quantitative estimate of drug-likeness (QED) is 0.679. The highest BCUT2D eigenvalue weighted by Crippen LogP contribution is 2.24. The summed E-state index contributed by atoms with van der Waals surface area (Å²) in [6.07, 6.45) is 0.715. The van der Waals surface area contributed by atoms with Crippen LogP contribution < -0.4 is 4.74 Å². The molecule has 0 heterocycles. The highest BCUT2D eigenvalue weighted by molar-refractivity contribution is 7.79. The fourth-order valence-electron chi connectivity index (χ4n) is 1.42. The largest absolute Gasteiger partial charge is 0.457 e. The number of carbonyl (C=O) groups excluding carboxylic acids is 1. The summed E-state index contributed by atoms with van der Waals surface area (Å²) in [4.78, 5) is 11.1. The van der Waals surface area contributed by atoms with Gasteiger partial charge in [0.25, 0.3) is 0 Å². The molecule has 1 N–H and O–H groups in total. The molecule has 0 aromatic heterocycles. The van der Waals surface area contributed by atoms with Crippen molar-refractivity contribution in [3.05, 3.63) is 54.1 Å². The number of aldehydes is 1. The topological polar surface area (TPSA) is 63.6 Å². The van der Waals surface area contributed by atoms with E-state index in [4.69, 9.17) is 9.29 Å². The van der Waals surface area contributed by atoms with Gasteiger partial charge in [-0.25, -0.2) is 4.21 Å². The molecule has 0 amide bonds. The van der Waals surface area contributed by atoms with Gasteiger partial charge in [-0.1, -0.05) is 12.1 Å². The number of carbonyl (C=O) groups is 1. The van der Waals surface area contributed by atoms with Gasteiger partial charge in [0.15, 0.2) is 17.4 Å². The summed E-state index contributed by atoms with van der Waals surface area (Å²) in [5.74, 6) is 0.948. The Bertz CT molecular complexity index is 578. The Morgan fingerprint density at radius 3 is 2.33 bits per heavy atom. The second-order valence-electron chi connectivity index (χ2n) is 3.48. The van der Waals surface area contributed by atoms with Crippen molar-refractivity contribution in [2.45, 2.75) is 4.90 Å². The van der Waals surface area contributed by atoms with Crippen LogP contribution in [0.5, 0.6) is 11.5 Å². The maximum Gasteiger partial charge on any atom is 0.186 e. The van der Waals surface area contributed by atoms with Gasteiger partial charge in [-0.05, 0) is 36.4 Å². The Hall–Kier alpha value is -1.98. The first-order valence-corrected chi connectivity index (χ1v) is 6.24. The molecule has 0 aliphatic carbocycles. The molecule has 0 bridgehead atoms. The van der Waals surface area contributed by atoms with Gasteiger partial charge < -0.3 is 9.29 Å². The fraction of sp³-hybridized carbons (Fsp3) is 0. The van der Waals surface area contributed by atoms with Crippen molar-refractivity contribution < 1.29 is 18.3 Å². The van der Waals surface area contributed by atoms with Crippen molar-refractivity contribution >= 4 is 17.4 Å². The van der Waals surface area contributed by atoms with E-state index in [2.05, 4.69) is 0 Å². The third-order valence-electron chi connectivity index (χ3n) is 2.30. The zero-order valence-corrected chi connectivity index (χ0v) is 10.1. The summed E-state index contributed by atoms with van der Waals surface area (Å²) in [7, 11) is 0. The summed E-state index contributed by atoms with van der Waals surface area (Å²) in [6, 6.07) is 13.0. The lowest BCUT2D eigenvalue weighted by Crippen LogP contribution is -1.91. The summed E-state index contributed by atoms with van der Waals surface area (Å²) < 4.78 is 25.2. The number of hydrogen-bond acceptors (Lipinski definition) is 3. The SMILES string of the molecule is O=Cc1ccccc1Oc1ccc(S(=O)O)cc1. The Kier molecular flexibility index (Phi) is 3.86. The van der Waals surface area contributed by atoms with Crippen molar-refractivity contribution in [3.63, 3.8) is 0 Å². The second-order valence-corrected chi connectivity index (χ2v) is 4.45. The maximum absolute atomic E-state index is 10.8. The predicted molar refractivity (Wildman–Crippen MR) is 67.4 cm³/mol. The Balaban J connectivity index is 2.23. The third-order valence-corrected chi connectivity index (χ3v) is 2.97. The van der Waals surface area contributed by atoms with E-state index in [9.17, 15) is 9.00 Å². The molecule has 0 saturated heterocycles. The van der Waals surface area contributed by atoms with Crippen LogP contribution in [-0.4, -0.2) is 15.0 Å². The first kappa shape index (κ1) is 12.5. The van der Waals surface area contributed by atoms with E-state index in [0.29, 0.717) is 28.2 Å². The zero-order chi connectivity index (χ0) is 13.0. The molecule has 2 aromatic rings. The van der Waals surface area contributed by atoms with Crippen LogP contribution in [0.25, 0.3) is 0 Å². The lowest BCUT2D eigenvalue weighted by Gasteiger charge is -2.07. The highest BCUT2D eigenvalue weighted by Gasteiger charge is 2.04. The lowest BCUT2D eigenvalue weighted by molar-refractivity contribution is 0.112. The van der Waals surface area contributed by atoms with E-state index in [0.717, 1.165) is 0 Å². The molecule has 0 radical (unpaired) electrons. The van der Waals surface area contributed by atoms with Crippen molar-refractivity contribution in [1.29, 1.82) is 0 Å². The molecule has 2 rings (SSSR count). The molecule has 5 heteroatoms. The predicted octanol–water partition coefficient (Wildman–Crippen LogP) is 2.87. The van der Waals surface area contributed by atoms with Crippen LogP contribution in [0.15, 0.2) is 53.4 Å². The number of hydrogen-bond donors (Lipinski definition) is 1. The minimum atomic E-state index is -2.00. The fourth-order valence-corrected chi connectivity index (χ4v) is 1.79. The molecule has 92 valence electrons. The van der Waals surface area contributed by atoms with Gasteiger partial charge in [0.1, 0.15) is 11.5 Å². The lowest BCUT2D eigenvalue weighted by atomic mass is 10.2. The average Bonchev–Trinajstić information content (AvgIpc) is 2.40. The molecule has 0 fully saturated rings. The Labute approximate surface area is 107 Å². The highest BCUT2D eigenvalue weighted by atomic mass is 32.2. The Morgan fingerprint density at radius 2 is 1.72 bits per heavy atom. The molecule has 0 spiro atoms. The minimum Gasteiger partial charge on any atom is -0.457 e. The van der Waals surface area contributed by atoms with Gasteiger partial charge >= 0.3 is 0 Å². The monoisotopic (exact) mass is 262 g/mol. The van der Waals surface area contributed by atoms with E-state index < -0.39 is 11.1 Å². The molecular formula is C13H10O4S. The molecule has 0 aliphatic heterocycles. The van der Waals surface area contributed by atoms with Crippen LogP contribution in [0.4, 0.5) is 0 Å². The van der Waals surface area contributed by atoms with Gasteiger partial charge in [0.05, 0.1) is 10.5 Å². The molecule has 4 nitrogen and oxygen atoms in total. The van der Waals surface area contributed by atoms with Gasteiger partial charge in [0.2, 0.25) is 0 Å². The van der Waals surface area contributed by atoms with Crippen molar-refractivity contribution in [3.8, 4) is 11.5 Å². The average molecular weight is 262 g/mol. The van der Waals surface area contributed by atoms with Crippen LogP contribution >= 0.6 is 0 Å². The number of ether oxygens (including phenoxy) is 1. The normalized spacial score (nSPS) is 11.8. The Morgan fingerprint density at radius 1 is 1.06 bits per heavy atom. The van der Waals surface area contributed by atoms with Gasteiger partial charge in [-0.15, -0.1) is 0 Å². The number of rotatable bonds is 4. The standard InChI is InChI=1S/C13H10O4S/c14-9-10-3-1-2-4-13(10)17-11-5-7-12(8-6-11)18(15)16/h1-9H,(H,15,16). The van der Waals surface area contributed by atoms with Crippen molar-refractivity contribution in [2.75, 3.05) is 0 Å². The van der Waals surface area contributed by atoms with Crippen LogP contribution in [0.2, 0.25) is 0 Å². The molecule has 0 saturated carbocycles. The summed E-state index contributed by atoms with van der Waals surface area (Å²) in [6.45, 7) is 0. The van der Waals surface area contributed by atoms with Crippen LogP contribution in [0.1, 0.15) is 10.4 Å². The van der Waals surface area contributed by atoms with E-state index >= 15 is 0 Å².